The van der Waals surface area contributed by atoms with Crippen LogP contribution in [0.5, 0.6) is 0 Å². The van der Waals surface area contributed by atoms with Crippen LogP contribution >= 0.6 is 11.8 Å². The zero-order valence-electron chi connectivity index (χ0n) is 8.42. The van der Waals surface area contributed by atoms with E-state index in [9.17, 15) is 0 Å². The van der Waals surface area contributed by atoms with Gasteiger partial charge in [-0.3, -0.25) is 0 Å². The minimum absolute atomic E-state index is 0.308. The number of hydrogen-bond acceptors (Lipinski definition) is 1. The van der Waals surface area contributed by atoms with Crippen molar-refractivity contribution < 1.29 is 0 Å². The second-order valence-electron chi connectivity index (χ2n) is 3.61. The molecule has 1 heteroatoms. The molecular formula is C11H18S. The lowest BCUT2D eigenvalue weighted by Crippen LogP contribution is -2.06. The highest BCUT2D eigenvalue weighted by Gasteiger charge is 2.10. The topological polar surface area (TPSA) is 0 Å². The molecule has 0 aliphatic carbocycles. The van der Waals surface area contributed by atoms with Gasteiger partial charge < -0.3 is 0 Å². The van der Waals surface area contributed by atoms with Gasteiger partial charge in [0, 0.05) is 4.75 Å². The Balaban J connectivity index is 4.03. The maximum absolute atomic E-state index is 3.61. The second kappa shape index (κ2) is 5.26. The summed E-state index contributed by atoms with van der Waals surface area (Å²) >= 11 is 1.88. The van der Waals surface area contributed by atoms with Crippen molar-refractivity contribution in [3.63, 3.8) is 0 Å². The fourth-order valence-corrected chi connectivity index (χ4v) is 1.90. The number of thioether (sulfide) groups is 1. The van der Waals surface area contributed by atoms with Crippen LogP contribution in [0.25, 0.3) is 0 Å². The van der Waals surface area contributed by atoms with Gasteiger partial charge >= 0.3 is 0 Å². The SMILES string of the molecule is C=C/C=C\C=C(/C)SC(C)(C)C. The smallest absolute Gasteiger partial charge is 0.0119 e. The predicted molar refractivity (Wildman–Crippen MR) is 60.4 cm³/mol. The summed E-state index contributed by atoms with van der Waals surface area (Å²) in [6.45, 7) is 12.4. The maximum atomic E-state index is 3.61. The van der Waals surface area contributed by atoms with Crippen LogP contribution in [-0.4, -0.2) is 4.75 Å². The predicted octanol–water partition coefficient (Wildman–Crippen LogP) is 4.16. The maximum Gasteiger partial charge on any atom is 0.0119 e. The van der Waals surface area contributed by atoms with E-state index in [0.29, 0.717) is 4.75 Å². The van der Waals surface area contributed by atoms with Crippen LogP contribution in [0.3, 0.4) is 0 Å². The molecule has 0 amide bonds. The monoisotopic (exact) mass is 182 g/mol. The Morgan fingerprint density at radius 3 is 2.25 bits per heavy atom. The van der Waals surface area contributed by atoms with E-state index in [1.165, 1.54) is 4.91 Å². The van der Waals surface area contributed by atoms with Crippen LogP contribution in [-0.2, 0) is 0 Å². The average molecular weight is 182 g/mol. The lowest BCUT2D eigenvalue weighted by Gasteiger charge is -2.17. The van der Waals surface area contributed by atoms with Crippen LogP contribution in [0.2, 0.25) is 0 Å². The van der Waals surface area contributed by atoms with Gasteiger partial charge in [-0.2, -0.15) is 0 Å². The minimum atomic E-state index is 0.308. The van der Waals surface area contributed by atoms with E-state index >= 15 is 0 Å². The first-order valence-electron chi connectivity index (χ1n) is 4.11. The van der Waals surface area contributed by atoms with Gasteiger partial charge in [0.1, 0.15) is 0 Å². The van der Waals surface area contributed by atoms with Crippen LogP contribution in [0.1, 0.15) is 27.7 Å². The van der Waals surface area contributed by atoms with Crippen molar-refractivity contribution in [3.8, 4) is 0 Å². The first-order valence-corrected chi connectivity index (χ1v) is 4.92. The molecule has 0 aliphatic heterocycles. The Kier molecular flexibility index (Phi) is 5.07. The Hall–Kier alpha value is -0.430. The summed E-state index contributed by atoms with van der Waals surface area (Å²) in [5.74, 6) is 0. The van der Waals surface area contributed by atoms with Crippen molar-refractivity contribution in [2.45, 2.75) is 32.4 Å². The quantitative estimate of drug-likeness (QED) is 0.590. The molecule has 0 unspecified atom stereocenters. The van der Waals surface area contributed by atoms with Crippen LogP contribution < -0.4 is 0 Å². The first kappa shape index (κ1) is 11.6. The van der Waals surface area contributed by atoms with Gasteiger partial charge in [-0.25, -0.2) is 0 Å². The van der Waals surface area contributed by atoms with E-state index in [4.69, 9.17) is 0 Å². The molecule has 0 heterocycles. The molecule has 0 nitrogen and oxygen atoms in total. The molecule has 0 saturated heterocycles. The van der Waals surface area contributed by atoms with E-state index in [-0.39, 0.29) is 0 Å². The van der Waals surface area contributed by atoms with Crippen LogP contribution in [0, 0.1) is 0 Å². The zero-order chi connectivity index (χ0) is 9.61. The third kappa shape index (κ3) is 7.67. The van der Waals surface area contributed by atoms with E-state index in [1.54, 1.807) is 6.08 Å². The van der Waals surface area contributed by atoms with Gasteiger partial charge in [0.2, 0.25) is 0 Å². The van der Waals surface area contributed by atoms with Gasteiger partial charge in [-0.1, -0.05) is 51.7 Å². The molecule has 12 heavy (non-hydrogen) atoms. The summed E-state index contributed by atoms with van der Waals surface area (Å²) in [7, 11) is 0. The van der Waals surface area contributed by atoms with Crippen molar-refractivity contribution in [2.24, 2.45) is 0 Å². The summed E-state index contributed by atoms with van der Waals surface area (Å²) in [5, 5.41) is 0. The normalized spacial score (nSPS) is 13.8. The Bertz CT molecular complexity index is 192. The minimum Gasteiger partial charge on any atom is -0.125 e. The van der Waals surface area contributed by atoms with E-state index in [1.807, 2.05) is 23.9 Å². The molecule has 0 atom stereocenters. The molecule has 0 radical (unpaired) electrons. The third-order valence-corrected chi connectivity index (χ3v) is 2.12. The largest absolute Gasteiger partial charge is 0.125 e. The fraction of sp³-hybridized carbons (Fsp3) is 0.455. The fourth-order valence-electron chi connectivity index (χ4n) is 0.787. The molecular weight excluding hydrogens is 164 g/mol. The van der Waals surface area contributed by atoms with Gasteiger partial charge in [-0.15, -0.1) is 11.8 Å². The lowest BCUT2D eigenvalue weighted by atomic mass is 10.3. The molecule has 0 fully saturated rings. The van der Waals surface area contributed by atoms with Crippen molar-refractivity contribution in [1.29, 1.82) is 0 Å². The summed E-state index contributed by atoms with van der Waals surface area (Å²) in [4.78, 5) is 1.33. The molecule has 0 aromatic carbocycles. The molecule has 0 spiro atoms. The van der Waals surface area contributed by atoms with Gasteiger partial charge in [0.05, 0.1) is 0 Å². The van der Waals surface area contributed by atoms with Crippen molar-refractivity contribution >= 4 is 11.8 Å². The standard InChI is InChI=1S/C11H18S/c1-6-7-8-9-10(2)12-11(3,4)5/h6-9H,1H2,2-5H3/b8-7-,10-9+. The molecule has 0 N–H and O–H groups in total. The Morgan fingerprint density at radius 2 is 1.83 bits per heavy atom. The number of rotatable bonds is 3. The van der Waals surface area contributed by atoms with Gasteiger partial charge in [0.15, 0.2) is 0 Å². The highest BCUT2D eigenvalue weighted by atomic mass is 32.2. The van der Waals surface area contributed by atoms with Gasteiger partial charge in [0.25, 0.3) is 0 Å². The van der Waals surface area contributed by atoms with Crippen molar-refractivity contribution in [3.05, 3.63) is 35.8 Å². The Morgan fingerprint density at radius 1 is 1.25 bits per heavy atom. The van der Waals surface area contributed by atoms with E-state index < -0.39 is 0 Å². The highest BCUT2D eigenvalue weighted by molar-refractivity contribution is 8.04. The van der Waals surface area contributed by atoms with Crippen molar-refractivity contribution in [2.75, 3.05) is 0 Å². The molecule has 0 aliphatic rings. The molecule has 0 aromatic heterocycles. The highest BCUT2D eigenvalue weighted by Crippen LogP contribution is 2.30. The Labute approximate surface area is 80.4 Å². The number of allylic oxidation sites excluding steroid dienone is 5. The summed E-state index contributed by atoms with van der Waals surface area (Å²) in [5.41, 5.74) is 0. The molecule has 0 aromatic rings. The van der Waals surface area contributed by atoms with E-state index in [0.717, 1.165) is 0 Å². The number of hydrogen-bond donors (Lipinski definition) is 0. The summed E-state index contributed by atoms with van der Waals surface area (Å²) in [6, 6.07) is 0. The molecule has 0 rings (SSSR count). The van der Waals surface area contributed by atoms with Crippen LogP contribution in [0.4, 0.5) is 0 Å². The summed E-state index contributed by atoms with van der Waals surface area (Å²) in [6.07, 6.45) is 7.84. The molecule has 0 saturated carbocycles. The zero-order valence-corrected chi connectivity index (χ0v) is 9.24. The first-order chi connectivity index (χ1) is 5.45. The summed E-state index contributed by atoms with van der Waals surface area (Å²) < 4.78 is 0.308. The van der Waals surface area contributed by atoms with E-state index in [2.05, 4.69) is 40.3 Å². The van der Waals surface area contributed by atoms with Gasteiger partial charge in [-0.05, 0) is 11.8 Å². The lowest BCUT2D eigenvalue weighted by molar-refractivity contribution is 0.806. The van der Waals surface area contributed by atoms with Crippen LogP contribution in [0.15, 0.2) is 35.8 Å². The second-order valence-corrected chi connectivity index (χ2v) is 5.69. The molecule has 68 valence electrons. The molecule has 0 bridgehead atoms. The van der Waals surface area contributed by atoms with Crippen molar-refractivity contribution in [1.82, 2.24) is 0 Å². The average Bonchev–Trinajstić information content (AvgIpc) is 1.84. The third-order valence-electron chi connectivity index (χ3n) is 1.05.